The van der Waals surface area contributed by atoms with E-state index in [4.69, 9.17) is 11.6 Å². The second-order valence-electron chi connectivity index (χ2n) is 5.82. The van der Waals surface area contributed by atoms with E-state index in [1.165, 1.54) is 11.1 Å². The molecule has 2 aromatic rings. The van der Waals surface area contributed by atoms with Crippen molar-refractivity contribution >= 4 is 11.6 Å². The molecule has 0 bridgehead atoms. The zero-order valence-corrected chi connectivity index (χ0v) is 14.0. The largest absolute Gasteiger partial charge is 0.314 e. The third-order valence-corrected chi connectivity index (χ3v) is 4.16. The molecule has 1 aromatic heterocycles. The highest BCUT2D eigenvalue weighted by molar-refractivity contribution is 6.31. The first-order valence-electron chi connectivity index (χ1n) is 7.48. The predicted octanol–water partition coefficient (Wildman–Crippen LogP) is 3.74. The molecule has 0 amide bonds. The molecule has 0 radical (unpaired) electrons. The van der Waals surface area contributed by atoms with Gasteiger partial charge in [0.1, 0.15) is 0 Å². The van der Waals surface area contributed by atoms with E-state index >= 15 is 0 Å². The highest BCUT2D eigenvalue weighted by atomic mass is 35.5. The van der Waals surface area contributed by atoms with Crippen molar-refractivity contribution in [3.05, 3.63) is 51.8 Å². The zero-order valence-electron chi connectivity index (χ0n) is 13.3. The Labute approximate surface area is 132 Å². The van der Waals surface area contributed by atoms with Gasteiger partial charge in [-0.2, -0.15) is 5.10 Å². The number of benzene rings is 1. The Morgan fingerprint density at radius 3 is 2.29 bits per heavy atom. The molecule has 0 saturated heterocycles. The topological polar surface area (TPSA) is 29.9 Å². The number of aryl methyl sites for hydroxylation is 1. The number of aromatic nitrogens is 2. The SMILES string of the molecule is Cc1nn(Cc2ccc(CCNC(C)C)cc2)c(C)c1Cl. The summed E-state index contributed by atoms with van der Waals surface area (Å²) in [7, 11) is 0. The molecular weight excluding hydrogens is 282 g/mol. The van der Waals surface area contributed by atoms with E-state index in [0.717, 1.165) is 35.9 Å². The van der Waals surface area contributed by atoms with Crippen molar-refractivity contribution in [1.82, 2.24) is 15.1 Å². The summed E-state index contributed by atoms with van der Waals surface area (Å²) < 4.78 is 1.97. The molecule has 1 heterocycles. The second kappa shape index (κ2) is 7.10. The molecule has 0 unspecified atom stereocenters. The summed E-state index contributed by atoms with van der Waals surface area (Å²) in [5.74, 6) is 0. The van der Waals surface area contributed by atoms with Gasteiger partial charge in [-0.3, -0.25) is 4.68 Å². The van der Waals surface area contributed by atoms with Gasteiger partial charge in [-0.25, -0.2) is 0 Å². The van der Waals surface area contributed by atoms with Crippen molar-refractivity contribution in [2.24, 2.45) is 0 Å². The van der Waals surface area contributed by atoms with Gasteiger partial charge in [-0.1, -0.05) is 49.7 Å². The van der Waals surface area contributed by atoms with E-state index in [1.807, 2.05) is 18.5 Å². The fourth-order valence-electron chi connectivity index (χ4n) is 2.32. The number of halogens is 1. The van der Waals surface area contributed by atoms with E-state index in [-0.39, 0.29) is 0 Å². The van der Waals surface area contributed by atoms with Crippen molar-refractivity contribution in [1.29, 1.82) is 0 Å². The maximum atomic E-state index is 6.18. The Bertz CT molecular complexity index is 585. The van der Waals surface area contributed by atoms with Crippen LogP contribution in [0.15, 0.2) is 24.3 Å². The van der Waals surface area contributed by atoms with Crippen LogP contribution in [-0.4, -0.2) is 22.4 Å². The maximum absolute atomic E-state index is 6.18. The molecule has 0 fully saturated rings. The van der Waals surface area contributed by atoms with Gasteiger partial charge < -0.3 is 5.32 Å². The Morgan fingerprint density at radius 1 is 1.14 bits per heavy atom. The molecule has 0 aliphatic heterocycles. The lowest BCUT2D eigenvalue weighted by molar-refractivity contribution is 0.590. The fourth-order valence-corrected chi connectivity index (χ4v) is 2.45. The van der Waals surface area contributed by atoms with E-state index in [1.54, 1.807) is 0 Å². The van der Waals surface area contributed by atoms with Crippen molar-refractivity contribution in [2.75, 3.05) is 6.54 Å². The Morgan fingerprint density at radius 2 is 1.76 bits per heavy atom. The van der Waals surface area contributed by atoms with Gasteiger partial charge in [-0.05, 0) is 37.9 Å². The van der Waals surface area contributed by atoms with Crippen molar-refractivity contribution < 1.29 is 0 Å². The Balaban J connectivity index is 1.97. The number of nitrogens with one attached hydrogen (secondary N) is 1. The van der Waals surface area contributed by atoms with Crippen LogP contribution < -0.4 is 5.32 Å². The van der Waals surface area contributed by atoms with Gasteiger partial charge >= 0.3 is 0 Å². The molecule has 2 rings (SSSR count). The maximum Gasteiger partial charge on any atom is 0.0844 e. The average Bonchev–Trinajstić information content (AvgIpc) is 2.68. The quantitative estimate of drug-likeness (QED) is 0.881. The lowest BCUT2D eigenvalue weighted by Gasteiger charge is -2.09. The molecule has 0 atom stereocenters. The number of hydrogen-bond donors (Lipinski definition) is 1. The third-order valence-electron chi connectivity index (χ3n) is 3.61. The summed E-state index contributed by atoms with van der Waals surface area (Å²) in [6.07, 6.45) is 1.06. The van der Waals surface area contributed by atoms with E-state index < -0.39 is 0 Å². The van der Waals surface area contributed by atoms with Gasteiger partial charge in [0.2, 0.25) is 0 Å². The van der Waals surface area contributed by atoms with Crippen molar-refractivity contribution in [2.45, 2.75) is 46.7 Å². The smallest absolute Gasteiger partial charge is 0.0844 e. The second-order valence-corrected chi connectivity index (χ2v) is 6.20. The van der Waals surface area contributed by atoms with Crippen LogP contribution in [0.1, 0.15) is 36.4 Å². The normalized spacial score (nSPS) is 11.3. The summed E-state index contributed by atoms with van der Waals surface area (Å²) in [6.45, 7) is 10.1. The summed E-state index contributed by atoms with van der Waals surface area (Å²) in [6, 6.07) is 9.29. The average molecular weight is 306 g/mol. The predicted molar refractivity (Wildman–Crippen MR) is 89.1 cm³/mol. The van der Waals surface area contributed by atoms with E-state index in [9.17, 15) is 0 Å². The fraction of sp³-hybridized carbons (Fsp3) is 0.471. The van der Waals surface area contributed by atoms with E-state index in [2.05, 4.69) is 48.5 Å². The van der Waals surface area contributed by atoms with Crippen molar-refractivity contribution in [3.63, 3.8) is 0 Å². The minimum atomic E-state index is 0.542. The van der Waals surface area contributed by atoms with Crippen LogP contribution in [0, 0.1) is 13.8 Å². The summed E-state index contributed by atoms with van der Waals surface area (Å²) in [5, 5.41) is 8.68. The first kappa shape index (κ1) is 16.1. The van der Waals surface area contributed by atoms with Gasteiger partial charge in [0, 0.05) is 6.04 Å². The zero-order chi connectivity index (χ0) is 15.4. The van der Waals surface area contributed by atoms with E-state index in [0.29, 0.717) is 6.04 Å². The molecule has 21 heavy (non-hydrogen) atoms. The van der Waals surface area contributed by atoms with Gasteiger partial charge in [0.05, 0.1) is 23.0 Å². The molecule has 0 saturated carbocycles. The molecule has 1 N–H and O–H groups in total. The van der Waals surface area contributed by atoms with Gasteiger partial charge in [-0.15, -0.1) is 0 Å². The molecule has 1 aromatic carbocycles. The molecule has 0 aliphatic carbocycles. The number of rotatable bonds is 6. The van der Waals surface area contributed by atoms with Crippen LogP contribution in [0.5, 0.6) is 0 Å². The third kappa shape index (κ3) is 4.32. The van der Waals surface area contributed by atoms with Crippen LogP contribution >= 0.6 is 11.6 Å². The molecule has 3 nitrogen and oxygen atoms in total. The Hall–Kier alpha value is -1.32. The number of nitrogens with zero attached hydrogens (tertiary/aromatic N) is 2. The van der Waals surface area contributed by atoms with Crippen molar-refractivity contribution in [3.8, 4) is 0 Å². The van der Waals surface area contributed by atoms with Crippen LogP contribution in [0.4, 0.5) is 0 Å². The molecule has 0 spiro atoms. The highest BCUT2D eigenvalue weighted by Crippen LogP contribution is 2.20. The van der Waals surface area contributed by atoms with Gasteiger partial charge in [0.25, 0.3) is 0 Å². The first-order valence-corrected chi connectivity index (χ1v) is 7.86. The standard InChI is InChI=1S/C17H24ClN3/c1-12(2)19-10-9-15-5-7-16(8-6-15)11-21-14(4)17(18)13(3)20-21/h5-8,12,19H,9-11H2,1-4H3. The molecular formula is C17H24ClN3. The molecule has 4 heteroatoms. The van der Waals surface area contributed by atoms with Gasteiger partial charge in [0.15, 0.2) is 0 Å². The molecule has 0 aliphatic rings. The minimum absolute atomic E-state index is 0.542. The van der Waals surface area contributed by atoms with Crippen LogP contribution in [-0.2, 0) is 13.0 Å². The molecule has 114 valence electrons. The summed E-state index contributed by atoms with van der Waals surface area (Å²) >= 11 is 6.18. The van der Waals surface area contributed by atoms with Crippen LogP contribution in [0.25, 0.3) is 0 Å². The van der Waals surface area contributed by atoms with Crippen LogP contribution in [0.2, 0.25) is 5.02 Å². The summed E-state index contributed by atoms with van der Waals surface area (Å²) in [5.41, 5.74) is 4.53. The lowest BCUT2D eigenvalue weighted by atomic mass is 10.1. The number of hydrogen-bond acceptors (Lipinski definition) is 2. The Kier molecular flexibility index (Phi) is 5.43. The monoisotopic (exact) mass is 305 g/mol. The lowest BCUT2D eigenvalue weighted by Crippen LogP contribution is -2.24. The highest BCUT2D eigenvalue weighted by Gasteiger charge is 2.09. The van der Waals surface area contributed by atoms with Crippen LogP contribution in [0.3, 0.4) is 0 Å². The minimum Gasteiger partial charge on any atom is -0.314 e. The first-order chi connectivity index (χ1) is 9.97. The summed E-state index contributed by atoms with van der Waals surface area (Å²) in [4.78, 5) is 0.